The number of ether oxygens (including phenoxy) is 1. The van der Waals surface area contributed by atoms with E-state index in [1.165, 1.54) is 0 Å². The van der Waals surface area contributed by atoms with E-state index in [2.05, 4.69) is 5.32 Å². The van der Waals surface area contributed by atoms with Gasteiger partial charge in [-0.25, -0.2) is 0 Å². The molecule has 1 amide bonds. The van der Waals surface area contributed by atoms with Gasteiger partial charge in [-0.15, -0.1) is 0 Å². The summed E-state index contributed by atoms with van der Waals surface area (Å²) < 4.78 is 5.25. The Morgan fingerprint density at radius 3 is 2.55 bits per heavy atom. The van der Waals surface area contributed by atoms with Gasteiger partial charge in [0.2, 0.25) is 0 Å². The molecule has 1 aromatic rings. The lowest BCUT2D eigenvalue weighted by atomic mass is 9.99. The molecule has 0 spiro atoms. The zero-order valence-electron chi connectivity index (χ0n) is 12.3. The Bertz CT molecular complexity index is 496. The summed E-state index contributed by atoms with van der Waals surface area (Å²) in [6.07, 6.45) is -1.10. The monoisotopic (exact) mass is 278 g/mol. The molecule has 2 N–H and O–H groups in total. The molecule has 5 nitrogen and oxygen atoms in total. The number of aliphatic hydroxyl groups excluding tert-OH is 1. The average Bonchev–Trinajstić information content (AvgIpc) is 2.48. The largest absolute Gasteiger partial charge is 0.496 e. The molecule has 0 aromatic heterocycles. The van der Waals surface area contributed by atoms with Crippen LogP contribution < -0.4 is 10.1 Å². The van der Waals surface area contributed by atoms with Crippen LogP contribution in [0.5, 0.6) is 5.75 Å². The van der Waals surface area contributed by atoms with E-state index >= 15 is 0 Å². The molecule has 5 heteroatoms. The molecule has 0 radical (unpaired) electrons. The van der Waals surface area contributed by atoms with Crippen LogP contribution in [-0.2, 0) is 4.79 Å². The van der Waals surface area contributed by atoms with Gasteiger partial charge < -0.3 is 20.1 Å². The number of rotatable bonds is 3. The van der Waals surface area contributed by atoms with Gasteiger partial charge in [0.1, 0.15) is 5.75 Å². The van der Waals surface area contributed by atoms with E-state index in [0.717, 1.165) is 30.0 Å². The Balaban J connectivity index is 2.21. The number of hydrogen-bond donors (Lipinski definition) is 2. The van der Waals surface area contributed by atoms with Gasteiger partial charge in [-0.2, -0.15) is 0 Å². The standard InChI is InChI=1S/C15H22N2O3/c1-10-9-13(20-3)11(2)8-12(10)14(18)15(19)17-6-4-16-5-7-17/h8-9,14,16,18H,4-7H2,1-3H3. The van der Waals surface area contributed by atoms with E-state index in [9.17, 15) is 9.90 Å². The summed E-state index contributed by atoms with van der Waals surface area (Å²) in [5.41, 5.74) is 2.44. The molecular weight excluding hydrogens is 256 g/mol. The molecule has 110 valence electrons. The van der Waals surface area contributed by atoms with Crippen LogP contribution in [0.15, 0.2) is 12.1 Å². The van der Waals surface area contributed by atoms with Crippen molar-refractivity contribution in [3.8, 4) is 5.75 Å². The number of methoxy groups -OCH3 is 1. The van der Waals surface area contributed by atoms with Crippen LogP contribution in [0.1, 0.15) is 22.8 Å². The zero-order valence-corrected chi connectivity index (χ0v) is 12.3. The molecule has 0 aliphatic carbocycles. The number of amides is 1. The molecule has 0 saturated carbocycles. The summed E-state index contributed by atoms with van der Waals surface area (Å²) in [4.78, 5) is 14.0. The van der Waals surface area contributed by atoms with Crippen LogP contribution in [0.2, 0.25) is 0 Å². The molecule has 1 aliphatic heterocycles. The van der Waals surface area contributed by atoms with Crippen LogP contribution in [0.4, 0.5) is 0 Å². The van der Waals surface area contributed by atoms with Crippen molar-refractivity contribution in [3.63, 3.8) is 0 Å². The Hall–Kier alpha value is -1.59. The van der Waals surface area contributed by atoms with Gasteiger partial charge >= 0.3 is 0 Å². The summed E-state index contributed by atoms with van der Waals surface area (Å²) in [6.45, 7) is 6.63. The molecule has 0 bridgehead atoms. The van der Waals surface area contributed by atoms with Crippen molar-refractivity contribution in [1.29, 1.82) is 0 Å². The Labute approximate surface area is 119 Å². The summed E-state index contributed by atoms with van der Waals surface area (Å²) in [5, 5.41) is 13.5. The highest BCUT2D eigenvalue weighted by molar-refractivity contribution is 5.82. The van der Waals surface area contributed by atoms with Gasteiger partial charge in [-0.1, -0.05) is 0 Å². The topological polar surface area (TPSA) is 61.8 Å². The second-order valence-corrected chi connectivity index (χ2v) is 5.16. The summed E-state index contributed by atoms with van der Waals surface area (Å²) in [5.74, 6) is 0.548. The number of nitrogens with zero attached hydrogens (tertiary/aromatic N) is 1. The lowest BCUT2D eigenvalue weighted by Crippen LogP contribution is -2.48. The van der Waals surface area contributed by atoms with Crippen LogP contribution in [0.3, 0.4) is 0 Å². The second kappa shape index (κ2) is 6.24. The Morgan fingerprint density at radius 1 is 1.30 bits per heavy atom. The predicted molar refractivity (Wildman–Crippen MR) is 76.9 cm³/mol. The molecule has 1 fully saturated rings. The van der Waals surface area contributed by atoms with Crippen molar-refractivity contribution < 1.29 is 14.6 Å². The molecule has 1 unspecified atom stereocenters. The van der Waals surface area contributed by atoms with Crippen molar-refractivity contribution in [2.45, 2.75) is 20.0 Å². The number of aliphatic hydroxyl groups is 1. The summed E-state index contributed by atoms with van der Waals surface area (Å²) in [6, 6.07) is 3.69. The van der Waals surface area contributed by atoms with E-state index in [0.29, 0.717) is 18.7 Å². The Kier molecular flexibility index (Phi) is 4.62. The molecule has 20 heavy (non-hydrogen) atoms. The summed E-state index contributed by atoms with van der Waals surface area (Å²) >= 11 is 0. The first kappa shape index (κ1) is 14.8. The van der Waals surface area contributed by atoms with Gasteiger partial charge in [0.25, 0.3) is 5.91 Å². The molecule has 1 heterocycles. The minimum absolute atomic E-state index is 0.223. The predicted octanol–water partition coefficient (Wildman–Crippen LogP) is 0.777. The third kappa shape index (κ3) is 2.94. The van der Waals surface area contributed by atoms with Gasteiger partial charge in [0, 0.05) is 26.2 Å². The normalized spacial score (nSPS) is 16.9. The highest BCUT2D eigenvalue weighted by Crippen LogP contribution is 2.27. The number of benzene rings is 1. The number of piperazine rings is 1. The molecule has 1 aromatic carbocycles. The lowest BCUT2D eigenvalue weighted by molar-refractivity contribution is -0.141. The molecule has 1 aliphatic rings. The fourth-order valence-corrected chi connectivity index (χ4v) is 2.52. The van der Waals surface area contributed by atoms with Crippen molar-refractivity contribution in [1.82, 2.24) is 10.2 Å². The maximum atomic E-state index is 12.3. The smallest absolute Gasteiger partial charge is 0.256 e. The fraction of sp³-hybridized carbons (Fsp3) is 0.533. The minimum atomic E-state index is -1.10. The number of aryl methyl sites for hydroxylation is 2. The van der Waals surface area contributed by atoms with Crippen molar-refractivity contribution in [3.05, 3.63) is 28.8 Å². The van der Waals surface area contributed by atoms with Crippen LogP contribution in [0, 0.1) is 13.8 Å². The van der Waals surface area contributed by atoms with Crippen molar-refractivity contribution in [2.75, 3.05) is 33.3 Å². The number of nitrogens with one attached hydrogen (secondary N) is 1. The molecule has 1 saturated heterocycles. The lowest BCUT2D eigenvalue weighted by Gasteiger charge is -2.29. The van der Waals surface area contributed by atoms with Gasteiger partial charge in [-0.05, 0) is 42.7 Å². The van der Waals surface area contributed by atoms with E-state index in [1.807, 2.05) is 26.0 Å². The SMILES string of the molecule is COc1cc(C)c(C(O)C(=O)N2CCNCC2)cc1C. The molecule has 1 atom stereocenters. The maximum Gasteiger partial charge on any atom is 0.256 e. The van der Waals surface area contributed by atoms with Crippen LogP contribution >= 0.6 is 0 Å². The third-order valence-electron chi connectivity index (χ3n) is 3.74. The quantitative estimate of drug-likeness (QED) is 0.857. The first-order chi connectivity index (χ1) is 9.54. The highest BCUT2D eigenvalue weighted by Gasteiger charge is 2.26. The molecule has 2 rings (SSSR count). The van der Waals surface area contributed by atoms with Crippen molar-refractivity contribution >= 4 is 5.91 Å². The minimum Gasteiger partial charge on any atom is -0.496 e. The Morgan fingerprint density at radius 2 is 1.95 bits per heavy atom. The number of carbonyl (C=O) groups excluding carboxylic acids is 1. The van der Waals surface area contributed by atoms with Gasteiger partial charge in [0.05, 0.1) is 7.11 Å². The fourth-order valence-electron chi connectivity index (χ4n) is 2.52. The first-order valence-electron chi connectivity index (χ1n) is 6.87. The van der Waals surface area contributed by atoms with Crippen LogP contribution in [0.25, 0.3) is 0 Å². The first-order valence-corrected chi connectivity index (χ1v) is 6.87. The average molecular weight is 278 g/mol. The van der Waals surface area contributed by atoms with Crippen molar-refractivity contribution in [2.24, 2.45) is 0 Å². The van der Waals surface area contributed by atoms with Gasteiger partial charge in [0.15, 0.2) is 6.10 Å². The van der Waals surface area contributed by atoms with Gasteiger partial charge in [-0.3, -0.25) is 4.79 Å². The van der Waals surface area contributed by atoms with E-state index in [-0.39, 0.29) is 5.91 Å². The maximum absolute atomic E-state index is 12.3. The highest BCUT2D eigenvalue weighted by atomic mass is 16.5. The van der Waals surface area contributed by atoms with Crippen LogP contribution in [-0.4, -0.2) is 49.2 Å². The van der Waals surface area contributed by atoms with E-state index in [1.54, 1.807) is 12.0 Å². The third-order valence-corrected chi connectivity index (χ3v) is 3.74. The number of carbonyl (C=O) groups is 1. The van der Waals surface area contributed by atoms with E-state index < -0.39 is 6.10 Å². The zero-order chi connectivity index (χ0) is 14.7. The second-order valence-electron chi connectivity index (χ2n) is 5.16. The summed E-state index contributed by atoms with van der Waals surface area (Å²) in [7, 11) is 1.61. The molecular formula is C15H22N2O3. The van der Waals surface area contributed by atoms with E-state index in [4.69, 9.17) is 4.74 Å². The number of hydrogen-bond acceptors (Lipinski definition) is 4.